The Labute approximate surface area is 186 Å². The third kappa shape index (κ3) is 4.76. The molecule has 5 atom stereocenters. The fourth-order valence-corrected chi connectivity index (χ4v) is 7.19. The van der Waals surface area contributed by atoms with Crippen LogP contribution in [0.15, 0.2) is 24.3 Å². The maximum absolute atomic E-state index is 13.1. The monoisotopic (exact) mass is 474 g/mol. The molecule has 1 amide bonds. The van der Waals surface area contributed by atoms with Gasteiger partial charge >= 0.3 is 6.18 Å². The second kappa shape index (κ2) is 7.62. The van der Waals surface area contributed by atoms with Crippen molar-refractivity contribution in [2.75, 3.05) is 6.26 Å². The van der Waals surface area contributed by atoms with E-state index in [1.54, 1.807) is 13.8 Å². The lowest BCUT2D eigenvalue weighted by molar-refractivity contribution is -0.139. The van der Waals surface area contributed by atoms with E-state index in [4.69, 9.17) is 4.74 Å². The quantitative estimate of drug-likeness (QED) is 0.661. The van der Waals surface area contributed by atoms with Crippen molar-refractivity contribution in [2.24, 2.45) is 17.8 Å². The highest BCUT2D eigenvalue weighted by Crippen LogP contribution is 2.56. The third-order valence-corrected chi connectivity index (χ3v) is 7.88. The first-order chi connectivity index (χ1) is 14.7. The maximum atomic E-state index is 13.1. The van der Waals surface area contributed by atoms with Crippen molar-refractivity contribution in [1.82, 2.24) is 10.0 Å². The summed E-state index contributed by atoms with van der Waals surface area (Å²) in [6.45, 7) is 3.17. The number of hydrogen-bond donors (Lipinski definition) is 2. The van der Waals surface area contributed by atoms with E-state index in [-0.39, 0.29) is 29.5 Å². The van der Waals surface area contributed by atoms with E-state index >= 15 is 0 Å². The number of nitrogens with one attached hydrogen (secondary N) is 2. The molecule has 0 aliphatic heterocycles. The molecule has 10 heteroatoms. The topological polar surface area (TPSA) is 84.5 Å². The van der Waals surface area contributed by atoms with Crippen molar-refractivity contribution in [3.8, 4) is 5.75 Å². The standard InChI is InChI=1S/C22H29F3N2O4S/c1-20(2,31-17-6-4-16(5-7-17)22(23,24)25)19(28)26-18-14-8-13-9-15(18)12-21(10-13,11-14)27-32(3,29)30/h4-7,13-15,18,27H,8-12H2,1-3H3,(H,26,28)/t13?,14-,15+,18?,21?. The Morgan fingerprint density at radius 3 is 2.12 bits per heavy atom. The first-order valence-corrected chi connectivity index (χ1v) is 12.7. The molecule has 4 bridgehead atoms. The van der Waals surface area contributed by atoms with Crippen LogP contribution in [0.4, 0.5) is 13.2 Å². The number of sulfonamides is 1. The lowest BCUT2D eigenvalue weighted by Gasteiger charge is -2.60. The Hall–Kier alpha value is -1.81. The Balaban J connectivity index is 1.43. The number of halogens is 3. The number of amides is 1. The van der Waals surface area contributed by atoms with E-state index < -0.39 is 32.9 Å². The van der Waals surface area contributed by atoms with Crippen LogP contribution in [0.2, 0.25) is 0 Å². The van der Waals surface area contributed by atoms with Crippen molar-refractivity contribution in [2.45, 2.75) is 69.3 Å². The lowest BCUT2D eigenvalue weighted by Crippen LogP contribution is -2.67. The summed E-state index contributed by atoms with van der Waals surface area (Å²) in [6, 6.07) is 4.21. The van der Waals surface area contributed by atoms with Gasteiger partial charge in [-0.25, -0.2) is 13.1 Å². The molecule has 0 aromatic heterocycles. The molecule has 4 saturated carbocycles. The molecule has 6 nitrogen and oxygen atoms in total. The molecule has 0 spiro atoms. The van der Waals surface area contributed by atoms with Crippen molar-refractivity contribution in [3.05, 3.63) is 29.8 Å². The Kier molecular flexibility index (Phi) is 5.56. The molecule has 1 aromatic carbocycles. The van der Waals surface area contributed by atoms with Crippen LogP contribution in [-0.2, 0) is 21.0 Å². The van der Waals surface area contributed by atoms with Gasteiger partial charge in [0.05, 0.1) is 11.8 Å². The van der Waals surface area contributed by atoms with Gasteiger partial charge in [-0.05, 0) is 88.0 Å². The smallest absolute Gasteiger partial charge is 0.416 e. The van der Waals surface area contributed by atoms with Crippen LogP contribution in [0.25, 0.3) is 0 Å². The summed E-state index contributed by atoms with van der Waals surface area (Å²) < 4.78 is 70.7. The molecule has 178 valence electrons. The van der Waals surface area contributed by atoms with Gasteiger partial charge in [0.1, 0.15) is 5.75 Å². The predicted octanol–water partition coefficient (Wildman–Crippen LogP) is 3.48. The van der Waals surface area contributed by atoms with Crippen LogP contribution >= 0.6 is 0 Å². The summed E-state index contributed by atoms with van der Waals surface area (Å²) in [6.07, 6.45) is 0.885. The molecule has 2 N–H and O–H groups in total. The summed E-state index contributed by atoms with van der Waals surface area (Å²) in [5.74, 6) is 0.661. The molecule has 32 heavy (non-hydrogen) atoms. The van der Waals surface area contributed by atoms with Crippen LogP contribution in [-0.4, -0.2) is 37.8 Å². The van der Waals surface area contributed by atoms with Crippen LogP contribution in [0.5, 0.6) is 5.75 Å². The Morgan fingerprint density at radius 1 is 1.06 bits per heavy atom. The SMILES string of the molecule is CC(C)(Oc1ccc(C(F)(F)F)cc1)C(=O)NC1[C@@H]2CC3C[C@H]1CC(NS(C)(=O)=O)(C3)C2. The van der Waals surface area contributed by atoms with Crippen LogP contribution in [0, 0.1) is 17.8 Å². The Morgan fingerprint density at radius 2 is 1.62 bits per heavy atom. The van der Waals surface area contributed by atoms with E-state index in [0.717, 1.165) is 31.4 Å². The molecule has 4 aliphatic rings. The number of carbonyl (C=O) groups is 1. The van der Waals surface area contributed by atoms with Gasteiger partial charge in [0, 0.05) is 11.6 Å². The summed E-state index contributed by atoms with van der Waals surface area (Å²) in [5, 5.41) is 3.12. The molecule has 3 unspecified atom stereocenters. The number of alkyl halides is 3. The molecule has 4 aliphatic carbocycles. The molecular weight excluding hydrogens is 445 g/mol. The van der Waals surface area contributed by atoms with Gasteiger partial charge in [0.25, 0.3) is 5.91 Å². The summed E-state index contributed by atoms with van der Waals surface area (Å²) >= 11 is 0. The normalized spacial score (nSPS) is 32.1. The van der Waals surface area contributed by atoms with E-state index in [0.29, 0.717) is 18.8 Å². The number of benzene rings is 1. The van der Waals surface area contributed by atoms with Crippen LogP contribution in [0.3, 0.4) is 0 Å². The number of rotatable bonds is 6. The van der Waals surface area contributed by atoms with Gasteiger partial charge < -0.3 is 10.1 Å². The third-order valence-electron chi connectivity index (χ3n) is 7.07. The maximum Gasteiger partial charge on any atom is 0.416 e. The molecule has 0 heterocycles. The molecule has 0 radical (unpaired) electrons. The fraction of sp³-hybridized carbons (Fsp3) is 0.682. The molecular formula is C22H29F3N2O4S. The highest BCUT2D eigenvalue weighted by atomic mass is 32.2. The Bertz CT molecular complexity index is 975. The van der Waals surface area contributed by atoms with Gasteiger partial charge in [-0.15, -0.1) is 0 Å². The summed E-state index contributed by atoms with van der Waals surface area (Å²) in [4.78, 5) is 13.1. The van der Waals surface area contributed by atoms with Crippen LogP contribution < -0.4 is 14.8 Å². The highest BCUT2D eigenvalue weighted by molar-refractivity contribution is 7.88. The zero-order valence-corrected chi connectivity index (χ0v) is 19.1. The summed E-state index contributed by atoms with van der Waals surface area (Å²) in [7, 11) is -3.33. The van der Waals surface area contributed by atoms with E-state index in [1.165, 1.54) is 18.4 Å². The predicted molar refractivity (Wildman–Crippen MR) is 112 cm³/mol. The minimum Gasteiger partial charge on any atom is -0.478 e. The highest BCUT2D eigenvalue weighted by Gasteiger charge is 2.57. The van der Waals surface area contributed by atoms with E-state index in [2.05, 4.69) is 10.0 Å². The average Bonchev–Trinajstić information content (AvgIpc) is 2.61. The van der Waals surface area contributed by atoms with Gasteiger partial charge in [-0.1, -0.05) is 0 Å². The zero-order chi connectivity index (χ0) is 23.5. The van der Waals surface area contributed by atoms with E-state index in [9.17, 15) is 26.4 Å². The molecule has 5 rings (SSSR count). The summed E-state index contributed by atoms with van der Waals surface area (Å²) in [5.41, 5.74) is -2.48. The minimum absolute atomic E-state index is 0.0657. The first kappa shape index (κ1) is 23.4. The van der Waals surface area contributed by atoms with Gasteiger partial charge in [-0.3, -0.25) is 4.79 Å². The second-order valence-corrected chi connectivity index (χ2v) is 12.0. The van der Waals surface area contributed by atoms with Crippen molar-refractivity contribution in [3.63, 3.8) is 0 Å². The average molecular weight is 475 g/mol. The van der Waals surface area contributed by atoms with Crippen molar-refractivity contribution < 1.29 is 31.1 Å². The zero-order valence-electron chi connectivity index (χ0n) is 18.3. The number of hydrogen-bond acceptors (Lipinski definition) is 4. The molecule has 4 fully saturated rings. The fourth-order valence-electron chi connectivity index (χ4n) is 6.16. The van der Waals surface area contributed by atoms with Crippen molar-refractivity contribution in [1.29, 1.82) is 0 Å². The molecule has 0 saturated heterocycles. The molecule has 1 aromatic rings. The minimum atomic E-state index is -4.44. The first-order valence-electron chi connectivity index (χ1n) is 10.8. The van der Waals surface area contributed by atoms with Crippen molar-refractivity contribution >= 4 is 15.9 Å². The number of carbonyl (C=O) groups excluding carboxylic acids is 1. The van der Waals surface area contributed by atoms with E-state index in [1.807, 2.05) is 0 Å². The van der Waals surface area contributed by atoms with Gasteiger partial charge in [0.2, 0.25) is 10.0 Å². The lowest BCUT2D eigenvalue weighted by atomic mass is 9.51. The second-order valence-electron chi connectivity index (χ2n) is 10.3. The largest absolute Gasteiger partial charge is 0.478 e. The van der Waals surface area contributed by atoms with Crippen LogP contribution in [0.1, 0.15) is 51.5 Å². The van der Waals surface area contributed by atoms with Gasteiger partial charge in [0.15, 0.2) is 5.60 Å². The van der Waals surface area contributed by atoms with Gasteiger partial charge in [-0.2, -0.15) is 13.2 Å². The number of ether oxygens (including phenoxy) is 1.